The lowest BCUT2D eigenvalue weighted by Crippen LogP contribution is -2.28. The number of nitrogens with one attached hydrogen (secondary N) is 1. The maximum Gasteiger partial charge on any atom is 0.332 e. The lowest BCUT2D eigenvalue weighted by atomic mass is 10.2. The van der Waals surface area contributed by atoms with Gasteiger partial charge in [-0.2, -0.15) is 0 Å². The predicted octanol–water partition coefficient (Wildman–Crippen LogP) is 1.11. The van der Waals surface area contributed by atoms with Gasteiger partial charge < -0.3 is 15.2 Å². The van der Waals surface area contributed by atoms with Gasteiger partial charge in [0.25, 0.3) is 0 Å². The summed E-state index contributed by atoms with van der Waals surface area (Å²) < 4.78 is 5.40. The summed E-state index contributed by atoms with van der Waals surface area (Å²) in [4.78, 5) is 15.1. The van der Waals surface area contributed by atoms with Crippen molar-refractivity contribution < 1.29 is 14.6 Å². The highest BCUT2D eigenvalue weighted by Crippen LogP contribution is 2.19. The van der Waals surface area contributed by atoms with E-state index >= 15 is 0 Å². The van der Waals surface area contributed by atoms with Crippen molar-refractivity contribution in [1.29, 1.82) is 0 Å². The molecule has 2 heterocycles. The summed E-state index contributed by atoms with van der Waals surface area (Å²) in [6.07, 6.45) is 0.764. The molecule has 5 nitrogen and oxygen atoms in total. The standard InChI is InChI=1S/C13H18N2O3/c1-9-3-2-4-10(15-9)7-14-8-11-5-6-12(18-11)13(16)17/h2-4,11-12,14H,5-8H2,1H3,(H,16,17). The van der Waals surface area contributed by atoms with Crippen LogP contribution in [0.4, 0.5) is 0 Å². The highest BCUT2D eigenvalue weighted by atomic mass is 16.5. The maximum atomic E-state index is 10.7. The molecule has 98 valence electrons. The fraction of sp³-hybridized carbons (Fsp3) is 0.538. The minimum Gasteiger partial charge on any atom is -0.479 e. The summed E-state index contributed by atoms with van der Waals surface area (Å²) in [5, 5.41) is 12.1. The van der Waals surface area contributed by atoms with E-state index in [4.69, 9.17) is 9.84 Å². The van der Waals surface area contributed by atoms with E-state index in [1.807, 2.05) is 25.1 Å². The van der Waals surface area contributed by atoms with Gasteiger partial charge in [-0.25, -0.2) is 4.79 Å². The smallest absolute Gasteiger partial charge is 0.332 e. The van der Waals surface area contributed by atoms with Gasteiger partial charge in [0.05, 0.1) is 11.8 Å². The molecule has 18 heavy (non-hydrogen) atoms. The fourth-order valence-corrected chi connectivity index (χ4v) is 2.10. The molecule has 2 unspecified atom stereocenters. The van der Waals surface area contributed by atoms with Crippen LogP contribution >= 0.6 is 0 Å². The molecular weight excluding hydrogens is 232 g/mol. The minimum atomic E-state index is -0.863. The zero-order valence-corrected chi connectivity index (χ0v) is 10.4. The summed E-state index contributed by atoms with van der Waals surface area (Å²) in [7, 11) is 0. The van der Waals surface area contributed by atoms with Gasteiger partial charge in [-0.1, -0.05) is 6.07 Å². The zero-order chi connectivity index (χ0) is 13.0. The van der Waals surface area contributed by atoms with Gasteiger partial charge in [-0.05, 0) is 31.9 Å². The number of ether oxygens (including phenoxy) is 1. The van der Waals surface area contributed by atoms with Gasteiger partial charge in [-0.15, -0.1) is 0 Å². The van der Waals surface area contributed by atoms with Crippen molar-refractivity contribution in [3.63, 3.8) is 0 Å². The molecule has 1 aromatic rings. The Labute approximate surface area is 106 Å². The average molecular weight is 250 g/mol. The molecule has 1 fully saturated rings. The highest BCUT2D eigenvalue weighted by Gasteiger charge is 2.29. The first-order valence-corrected chi connectivity index (χ1v) is 6.16. The molecule has 2 rings (SSSR count). The number of carbonyl (C=O) groups is 1. The summed E-state index contributed by atoms with van der Waals surface area (Å²) in [6, 6.07) is 5.91. The molecule has 0 aliphatic carbocycles. The molecule has 0 saturated carbocycles. The zero-order valence-electron chi connectivity index (χ0n) is 10.4. The summed E-state index contributed by atoms with van der Waals surface area (Å²) in [6.45, 7) is 3.31. The Morgan fingerprint density at radius 1 is 1.56 bits per heavy atom. The van der Waals surface area contributed by atoms with Gasteiger partial charge in [-0.3, -0.25) is 4.98 Å². The minimum absolute atomic E-state index is 0.00379. The van der Waals surface area contributed by atoms with Crippen LogP contribution in [0.15, 0.2) is 18.2 Å². The summed E-state index contributed by atoms with van der Waals surface area (Å²) in [5.74, 6) is -0.863. The molecule has 2 atom stereocenters. The van der Waals surface area contributed by atoms with E-state index in [0.29, 0.717) is 19.5 Å². The number of aryl methyl sites for hydroxylation is 1. The lowest BCUT2D eigenvalue weighted by Gasteiger charge is -2.12. The first kappa shape index (κ1) is 13.0. The van der Waals surface area contributed by atoms with Crippen molar-refractivity contribution in [2.75, 3.05) is 6.54 Å². The van der Waals surface area contributed by atoms with Crippen LogP contribution in [0.2, 0.25) is 0 Å². The van der Waals surface area contributed by atoms with Crippen LogP contribution < -0.4 is 5.32 Å². The number of carboxylic acid groups (broad SMARTS) is 1. The summed E-state index contributed by atoms with van der Waals surface area (Å²) >= 11 is 0. The Morgan fingerprint density at radius 3 is 3.06 bits per heavy atom. The number of hydrogen-bond acceptors (Lipinski definition) is 4. The quantitative estimate of drug-likeness (QED) is 0.819. The van der Waals surface area contributed by atoms with Crippen LogP contribution in [0, 0.1) is 6.92 Å². The molecule has 1 aromatic heterocycles. The number of rotatable bonds is 5. The van der Waals surface area contributed by atoms with E-state index in [-0.39, 0.29) is 6.10 Å². The number of hydrogen-bond donors (Lipinski definition) is 2. The molecule has 1 saturated heterocycles. The van der Waals surface area contributed by atoms with Gasteiger partial charge in [0.1, 0.15) is 0 Å². The summed E-state index contributed by atoms with van der Waals surface area (Å²) in [5.41, 5.74) is 1.99. The Balaban J connectivity index is 1.72. The van der Waals surface area contributed by atoms with E-state index in [9.17, 15) is 4.79 Å². The Bertz CT molecular complexity index is 422. The second-order valence-electron chi connectivity index (χ2n) is 4.56. The lowest BCUT2D eigenvalue weighted by molar-refractivity contribution is -0.149. The van der Waals surface area contributed by atoms with E-state index < -0.39 is 12.1 Å². The number of aliphatic carboxylic acids is 1. The van der Waals surface area contributed by atoms with Crippen LogP contribution in [0.1, 0.15) is 24.2 Å². The van der Waals surface area contributed by atoms with Gasteiger partial charge >= 0.3 is 5.97 Å². The number of nitrogens with zero attached hydrogens (tertiary/aromatic N) is 1. The third-order valence-electron chi connectivity index (χ3n) is 3.01. The van der Waals surface area contributed by atoms with Gasteiger partial charge in [0.15, 0.2) is 6.10 Å². The second kappa shape index (κ2) is 5.93. The third-order valence-corrected chi connectivity index (χ3v) is 3.01. The monoisotopic (exact) mass is 250 g/mol. The van der Waals surface area contributed by atoms with Crippen molar-refractivity contribution in [2.45, 2.75) is 38.5 Å². The van der Waals surface area contributed by atoms with Crippen molar-refractivity contribution in [3.8, 4) is 0 Å². The van der Waals surface area contributed by atoms with E-state index in [2.05, 4.69) is 10.3 Å². The molecule has 0 aromatic carbocycles. The molecule has 0 radical (unpaired) electrons. The van der Waals surface area contributed by atoms with Crippen molar-refractivity contribution in [2.24, 2.45) is 0 Å². The number of carboxylic acids is 1. The first-order valence-electron chi connectivity index (χ1n) is 6.16. The normalized spacial score (nSPS) is 23.2. The van der Waals surface area contributed by atoms with Crippen molar-refractivity contribution >= 4 is 5.97 Å². The highest BCUT2D eigenvalue weighted by molar-refractivity contribution is 5.72. The molecule has 0 bridgehead atoms. The van der Waals surface area contributed by atoms with Crippen LogP contribution in [-0.4, -0.2) is 34.8 Å². The van der Waals surface area contributed by atoms with Gasteiger partial charge in [0, 0.05) is 18.8 Å². The van der Waals surface area contributed by atoms with Crippen molar-refractivity contribution in [3.05, 3.63) is 29.6 Å². The van der Waals surface area contributed by atoms with Crippen molar-refractivity contribution in [1.82, 2.24) is 10.3 Å². The van der Waals surface area contributed by atoms with E-state index in [0.717, 1.165) is 17.8 Å². The van der Waals surface area contributed by atoms with Crippen LogP contribution in [0.25, 0.3) is 0 Å². The first-order chi connectivity index (χ1) is 8.65. The molecule has 1 aliphatic rings. The largest absolute Gasteiger partial charge is 0.479 e. The van der Waals surface area contributed by atoms with E-state index in [1.54, 1.807) is 0 Å². The molecule has 2 N–H and O–H groups in total. The van der Waals surface area contributed by atoms with Gasteiger partial charge in [0.2, 0.25) is 0 Å². The van der Waals surface area contributed by atoms with E-state index in [1.165, 1.54) is 0 Å². The Morgan fingerprint density at radius 2 is 2.39 bits per heavy atom. The molecule has 0 spiro atoms. The molecule has 5 heteroatoms. The Kier molecular flexibility index (Phi) is 4.28. The molecule has 1 aliphatic heterocycles. The fourth-order valence-electron chi connectivity index (χ4n) is 2.10. The second-order valence-corrected chi connectivity index (χ2v) is 4.56. The predicted molar refractivity (Wildman–Crippen MR) is 66.2 cm³/mol. The SMILES string of the molecule is Cc1cccc(CNCC2CCC(C(=O)O)O2)n1. The Hall–Kier alpha value is -1.46. The van der Waals surface area contributed by atoms with Crippen LogP contribution in [0.3, 0.4) is 0 Å². The number of aromatic nitrogens is 1. The van der Waals surface area contributed by atoms with Crippen LogP contribution in [-0.2, 0) is 16.1 Å². The maximum absolute atomic E-state index is 10.7. The number of pyridine rings is 1. The topological polar surface area (TPSA) is 71.5 Å². The third kappa shape index (κ3) is 3.51. The van der Waals surface area contributed by atoms with Crippen LogP contribution in [0.5, 0.6) is 0 Å². The molecular formula is C13H18N2O3. The molecule has 0 amide bonds. The average Bonchev–Trinajstić information content (AvgIpc) is 2.78.